The number of halogens is 2. The van der Waals surface area contributed by atoms with E-state index in [0.717, 1.165) is 13.2 Å². The van der Waals surface area contributed by atoms with Gasteiger partial charge in [-0.2, -0.15) is 8.42 Å². The molecule has 0 saturated carbocycles. The van der Waals surface area contributed by atoms with Crippen molar-refractivity contribution in [1.29, 1.82) is 0 Å². The van der Waals surface area contributed by atoms with E-state index in [1.165, 1.54) is 6.92 Å². The van der Waals surface area contributed by atoms with Crippen LogP contribution in [0.5, 0.6) is 0 Å². The minimum Gasteiger partial charge on any atom is -0.465 e. The van der Waals surface area contributed by atoms with Crippen LogP contribution in [0, 0.1) is 6.92 Å². The fraction of sp³-hybridized carbons (Fsp3) is 0.300. The average Bonchev–Trinajstić information content (AvgIpc) is 2.27. The van der Waals surface area contributed by atoms with Gasteiger partial charge in [0.25, 0.3) is 10.1 Å². The number of esters is 1. The number of alkyl halides is 1. The molecule has 0 aliphatic heterocycles. The van der Waals surface area contributed by atoms with Gasteiger partial charge in [-0.3, -0.25) is 4.55 Å². The lowest BCUT2D eigenvalue weighted by molar-refractivity contribution is 0.0600. The molecule has 0 aromatic heterocycles. The third-order valence-electron chi connectivity index (χ3n) is 2.42. The van der Waals surface area contributed by atoms with Crippen molar-refractivity contribution in [3.05, 3.63) is 27.8 Å². The maximum atomic E-state index is 11.5. The van der Waals surface area contributed by atoms with Crippen LogP contribution in [0.2, 0.25) is 5.02 Å². The highest BCUT2D eigenvalue weighted by atomic mass is 79.9. The highest BCUT2D eigenvalue weighted by molar-refractivity contribution is 9.08. The summed E-state index contributed by atoms with van der Waals surface area (Å²) in [7, 11) is -3.28. The molecule has 1 aromatic rings. The van der Waals surface area contributed by atoms with Gasteiger partial charge in [0.05, 0.1) is 22.6 Å². The number of carbonyl (C=O) groups excluding carboxylic acids is 1. The van der Waals surface area contributed by atoms with E-state index in [0.29, 0.717) is 5.56 Å². The molecule has 1 rings (SSSR count). The van der Waals surface area contributed by atoms with Crippen LogP contribution in [0.1, 0.15) is 21.5 Å². The van der Waals surface area contributed by atoms with E-state index in [1.807, 2.05) is 0 Å². The van der Waals surface area contributed by atoms with Gasteiger partial charge in [-0.1, -0.05) is 27.5 Å². The summed E-state index contributed by atoms with van der Waals surface area (Å²) in [5.41, 5.74) is 0.589. The van der Waals surface area contributed by atoms with Crippen LogP contribution in [-0.2, 0) is 20.2 Å². The number of hydrogen-bond acceptors (Lipinski definition) is 4. The quantitative estimate of drug-likeness (QED) is 0.511. The summed E-state index contributed by atoms with van der Waals surface area (Å²) in [6, 6.07) is 1.00. The fourth-order valence-corrected chi connectivity index (χ4v) is 3.44. The molecule has 8 heteroatoms. The summed E-state index contributed by atoms with van der Waals surface area (Å²) in [6.07, 6.45) is 0. The number of carbonyl (C=O) groups is 1. The second-order valence-electron chi connectivity index (χ2n) is 3.44. The Morgan fingerprint density at radius 3 is 2.50 bits per heavy atom. The van der Waals surface area contributed by atoms with Crippen molar-refractivity contribution in [3.63, 3.8) is 0 Å². The molecule has 0 heterocycles. The summed E-state index contributed by atoms with van der Waals surface area (Å²) < 4.78 is 36.1. The molecule has 0 aliphatic carbocycles. The van der Waals surface area contributed by atoms with Gasteiger partial charge in [0, 0.05) is 5.33 Å². The highest BCUT2D eigenvalue weighted by Crippen LogP contribution is 2.32. The van der Waals surface area contributed by atoms with Crippen molar-refractivity contribution in [3.8, 4) is 0 Å². The first-order valence-electron chi connectivity index (χ1n) is 4.67. The molecule has 5 nitrogen and oxygen atoms in total. The van der Waals surface area contributed by atoms with Gasteiger partial charge in [-0.05, 0) is 24.1 Å². The number of rotatable bonds is 3. The van der Waals surface area contributed by atoms with E-state index >= 15 is 0 Å². The Balaban J connectivity index is 3.73. The number of methoxy groups -OCH3 is 1. The fourth-order valence-electron chi connectivity index (χ4n) is 1.46. The van der Waals surface area contributed by atoms with Crippen LogP contribution >= 0.6 is 27.5 Å². The molecular weight excluding hydrogens is 348 g/mol. The molecule has 0 spiro atoms. The van der Waals surface area contributed by atoms with E-state index in [9.17, 15) is 13.2 Å². The van der Waals surface area contributed by atoms with Crippen molar-refractivity contribution in [2.45, 2.75) is 17.1 Å². The van der Waals surface area contributed by atoms with Gasteiger partial charge in [0.15, 0.2) is 0 Å². The predicted octanol–water partition coefficient (Wildman–Crippen LogP) is 2.58. The van der Waals surface area contributed by atoms with Gasteiger partial charge in [-0.15, -0.1) is 0 Å². The lowest BCUT2D eigenvalue weighted by Gasteiger charge is -2.13. The Kier molecular flexibility index (Phi) is 4.77. The molecule has 0 amide bonds. The Bertz CT molecular complexity index is 597. The van der Waals surface area contributed by atoms with Crippen molar-refractivity contribution in [2.75, 3.05) is 7.11 Å². The summed E-state index contributed by atoms with van der Waals surface area (Å²) in [6.45, 7) is 1.49. The van der Waals surface area contributed by atoms with Crippen molar-refractivity contribution < 1.29 is 22.5 Å². The summed E-state index contributed by atoms with van der Waals surface area (Å²) in [5, 5.41) is 0.342. The zero-order chi connectivity index (χ0) is 14.1. The van der Waals surface area contributed by atoms with Gasteiger partial charge < -0.3 is 4.74 Å². The monoisotopic (exact) mass is 356 g/mol. The number of hydrogen-bond donors (Lipinski definition) is 1. The molecule has 0 radical (unpaired) electrons. The largest absolute Gasteiger partial charge is 0.465 e. The maximum Gasteiger partial charge on any atom is 0.339 e. The van der Waals surface area contributed by atoms with Gasteiger partial charge in [-0.25, -0.2) is 4.79 Å². The number of benzene rings is 1. The van der Waals surface area contributed by atoms with Gasteiger partial charge >= 0.3 is 5.97 Å². The van der Waals surface area contributed by atoms with E-state index < -0.39 is 16.1 Å². The maximum absolute atomic E-state index is 11.5. The second-order valence-corrected chi connectivity index (χ2v) is 5.77. The zero-order valence-corrected chi connectivity index (χ0v) is 12.7. The lowest BCUT2D eigenvalue weighted by Crippen LogP contribution is -2.10. The molecule has 1 aromatic carbocycles. The molecule has 0 unspecified atom stereocenters. The average molecular weight is 358 g/mol. The lowest BCUT2D eigenvalue weighted by atomic mass is 10.1. The summed E-state index contributed by atoms with van der Waals surface area (Å²) >= 11 is 9.15. The SMILES string of the molecule is COC(=O)c1cc(S(=O)(=O)O)c(C)c(CBr)c1Cl. The molecule has 0 saturated heterocycles. The normalized spacial score (nSPS) is 11.4. The number of ether oxygens (including phenoxy) is 1. The smallest absolute Gasteiger partial charge is 0.339 e. The highest BCUT2D eigenvalue weighted by Gasteiger charge is 2.23. The first kappa shape index (κ1) is 15.4. The molecule has 0 bridgehead atoms. The van der Waals surface area contributed by atoms with Crippen LogP contribution in [0.25, 0.3) is 0 Å². The minimum absolute atomic E-state index is 0.101. The van der Waals surface area contributed by atoms with Crippen LogP contribution in [0.3, 0.4) is 0 Å². The van der Waals surface area contributed by atoms with Gasteiger partial charge in [0.1, 0.15) is 0 Å². The Morgan fingerprint density at radius 1 is 1.56 bits per heavy atom. The van der Waals surface area contributed by atoms with Crippen molar-refractivity contribution in [2.24, 2.45) is 0 Å². The van der Waals surface area contributed by atoms with E-state index in [-0.39, 0.29) is 26.4 Å². The molecule has 1 N–H and O–H groups in total. The molecule has 0 aliphatic rings. The van der Waals surface area contributed by atoms with Gasteiger partial charge in [0.2, 0.25) is 0 Å². The van der Waals surface area contributed by atoms with Crippen LogP contribution in [0.4, 0.5) is 0 Å². The molecule has 18 heavy (non-hydrogen) atoms. The van der Waals surface area contributed by atoms with E-state index in [2.05, 4.69) is 20.7 Å². The summed E-state index contributed by atoms with van der Waals surface area (Å²) in [5.74, 6) is -0.771. The predicted molar refractivity (Wildman–Crippen MR) is 70.0 cm³/mol. The van der Waals surface area contributed by atoms with Crippen molar-refractivity contribution in [1.82, 2.24) is 0 Å². The van der Waals surface area contributed by atoms with Crippen LogP contribution < -0.4 is 0 Å². The first-order valence-corrected chi connectivity index (χ1v) is 7.61. The Labute approximate surface area is 118 Å². The first-order chi connectivity index (χ1) is 8.23. The molecular formula is C10H10BrClO5S. The summed E-state index contributed by atoms with van der Waals surface area (Å²) in [4.78, 5) is 11.1. The van der Waals surface area contributed by atoms with Crippen LogP contribution in [-0.4, -0.2) is 26.0 Å². The third kappa shape index (κ3) is 2.85. The van der Waals surface area contributed by atoms with Crippen molar-refractivity contribution >= 4 is 43.6 Å². The van der Waals surface area contributed by atoms with E-state index in [1.54, 1.807) is 0 Å². The molecule has 100 valence electrons. The minimum atomic E-state index is -4.43. The second kappa shape index (κ2) is 5.56. The zero-order valence-electron chi connectivity index (χ0n) is 9.53. The molecule has 0 fully saturated rings. The standard InChI is InChI=1S/C10H10BrClO5S/c1-5-7(4-11)9(12)6(10(13)17-2)3-8(5)18(14,15)16/h3H,4H2,1-2H3,(H,14,15,16). The van der Waals surface area contributed by atoms with Crippen LogP contribution in [0.15, 0.2) is 11.0 Å². The third-order valence-corrected chi connectivity index (χ3v) is 4.39. The Hall–Kier alpha value is -0.630. The molecule has 0 atom stereocenters. The Morgan fingerprint density at radius 2 is 2.11 bits per heavy atom. The van der Waals surface area contributed by atoms with E-state index in [4.69, 9.17) is 16.2 Å². The topological polar surface area (TPSA) is 80.7 Å².